The second kappa shape index (κ2) is 7.00. The van der Waals surface area contributed by atoms with Crippen molar-refractivity contribution in [2.24, 2.45) is 0 Å². The lowest BCUT2D eigenvalue weighted by Gasteiger charge is -2.34. The number of hydrogen-bond donors (Lipinski definition) is 2. The van der Waals surface area contributed by atoms with Gasteiger partial charge in [-0.2, -0.15) is 0 Å². The molecule has 0 spiro atoms. The molecule has 2 aliphatic heterocycles. The van der Waals surface area contributed by atoms with Gasteiger partial charge in [0, 0.05) is 24.8 Å². The van der Waals surface area contributed by atoms with E-state index < -0.39 is 6.10 Å². The molecule has 0 aromatic heterocycles. The predicted octanol–water partition coefficient (Wildman–Crippen LogP) is 1.36. The molecule has 2 heterocycles. The van der Waals surface area contributed by atoms with Gasteiger partial charge in [0.15, 0.2) is 0 Å². The molecule has 0 unspecified atom stereocenters. The third-order valence-electron chi connectivity index (χ3n) is 4.29. The monoisotopic (exact) mass is 331 g/mol. The number of carbonyl (C=O) groups excluding carboxylic acids is 3. The lowest BCUT2D eigenvalue weighted by Crippen LogP contribution is -2.51. The van der Waals surface area contributed by atoms with Gasteiger partial charge in [0.25, 0.3) is 5.91 Å². The summed E-state index contributed by atoms with van der Waals surface area (Å²) in [6.45, 7) is 2.70. The minimum atomic E-state index is -0.696. The number of amides is 3. The maximum atomic E-state index is 12.3. The van der Waals surface area contributed by atoms with Crippen LogP contribution < -0.4 is 10.6 Å². The second-order valence-electron chi connectivity index (χ2n) is 6.16. The molecule has 7 heteroatoms. The number of fused-ring (bicyclic) bond motifs is 1. The van der Waals surface area contributed by atoms with Gasteiger partial charge in [-0.25, -0.2) is 0 Å². The number of nitrogens with one attached hydrogen (secondary N) is 2. The van der Waals surface area contributed by atoms with Crippen molar-refractivity contribution in [1.82, 2.24) is 4.90 Å². The van der Waals surface area contributed by atoms with Gasteiger partial charge in [-0.1, -0.05) is 0 Å². The largest absolute Gasteiger partial charge is 0.366 e. The Bertz CT molecular complexity index is 644. The number of nitrogens with zero attached hydrogens (tertiary/aromatic N) is 1. The van der Waals surface area contributed by atoms with Crippen LogP contribution in [0.5, 0.6) is 0 Å². The number of hydrogen-bond acceptors (Lipinski definition) is 4. The molecule has 0 bridgehead atoms. The Balaban J connectivity index is 1.53. The topological polar surface area (TPSA) is 87.7 Å². The van der Waals surface area contributed by atoms with Crippen LogP contribution >= 0.6 is 0 Å². The molecule has 128 valence electrons. The van der Waals surface area contributed by atoms with Gasteiger partial charge in [-0.05, 0) is 37.1 Å². The summed E-state index contributed by atoms with van der Waals surface area (Å²) in [6.07, 6.45) is 1.29. The van der Waals surface area contributed by atoms with E-state index in [1.54, 1.807) is 24.3 Å². The predicted molar refractivity (Wildman–Crippen MR) is 88.5 cm³/mol. The van der Waals surface area contributed by atoms with E-state index >= 15 is 0 Å². The second-order valence-corrected chi connectivity index (χ2v) is 6.16. The number of ether oxygens (including phenoxy) is 1. The van der Waals surface area contributed by atoms with Gasteiger partial charge in [-0.3, -0.25) is 14.4 Å². The van der Waals surface area contributed by atoms with Gasteiger partial charge in [0.2, 0.25) is 11.8 Å². The van der Waals surface area contributed by atoms with Gasteiger partial charge in [0.05, 0.1) is 19.1 Å². The minimum absolute atomic E-state index is 0.00943. The highest BCUT2D eigenvalue weighted by Gasteiger charge is 2.39. The first-order valence-electron chi connectivity index (χ1n) is 8.12. The van der Waals surface area contributed by atoms with Crippen LogP contribution in [0.25, 0.3) is 0 Å². The van der Waals surface area contributed by atoms with E-state index in [1.807, 2.05) is 4.90 Å². The first-order valence-corrected chi connectivity index (χ1v) is 8.12. The molecular weight excluding hydrogens is 310 g/mol. The Labute approximate surface area is 140 Å². The number of rotatable bonds is 4. The maximum Gasteiger partial charge on any atom is 0.252 e. The third kappa shape index (κ3) is 3.73. The number of morpholine rings is 1. The molecule has 2 N–H and O–H groups in total. The van der Waals surface area contributed by atoms with E-state index in [9.17, 15) is 14.4 Å². The summed E-state index contributed by atoms with van der Waals surface area (Å²) in [6, 6.07) is 6.98. The van der Waals surface area contributed by atoms with E-state index in [0.29, 0.717) is 18.0 Å². The molecule has 0 aliphatic carbocycles. The summed E-state index contributed by atoms with van der Waals surface area (Å²) in [4.78, 5) is 37.3. The van der Waals surface area contributed by atoms with Crippen LogP contribution in [0.15, 0.2) is 24.3 Å². The Morgan fingerprint density at radius 1 is 1.21 bits per heavy atom. The van der Waals surface area contributed by atoms with E-state index in [0.717, 1.165) is 19.4 Å². The average molecular weight is 331 g/mol. The summed E-state index contributed by atoms with van der Waals surface area (Å²) in [7, 11) is 0. The summed E-state index contributed by atoms with van der Waals surface area (Å²) in [5, 5.41) is 5.40. The lowest BCUT2D eigenvalue weighted by atomic mass is 10.1. The van der Waals surface area contributed by atoms with Crippen LogP contribution in [0.2, 0.25) is 0 Å². The summed E-state index contributed by atoms with van der Waals surface area (Å²) in [5.41, 5.74) is 1.27. The van der Waals surface area contributed by atoms with Crippen LogP contribution in [0.1, 0.15) is 26.2 Å². The highest BCUT2D eigenvalue weighted by Crippen LogP contribution is 2.25. The lowest BCUT2D eigenvalue weighted by molar-refractivity contribution is -0.158. The average Bonchev–Trinajstić information content (AvgIpc) is 3.01. The molecule has 3 rings (SSSR count). The fraction of sp³-hybridized carbons (Fsp3) is 0.471. The number of benzene rings is 1. The summed E-state index contributed by atoms with van der Waals surface area (Å²) >= 11 is 0. The van der Waals surface area contributed by atoms with Gasteiger partial charge >= 0.3 is 0 Å². The van der Waals surface area contributed by atoms with Crippen LogP contribution in [0, 0.1) is 0 Å². The van der Waals surface area contributed by atoms with Crippen LogP contribution in [0.4, 0.5) is 11.4 Å². The van der Waals surface area contributed by atoms with Crippen LogP contribution in [0.3, 0.4) is 0 Å². The van der Waals surface area contributed by atoms with Crippen LogP contribution in [-0.2, 0) is 19.1 Å². The van der Waals surface area contributed by atoms with E-state index in [4.69, 9.17) is 4.74 Å². The van der Waals surface area contributed by atoms with Crippen molar-refractivity contribution in [2.75, 3.05) is 23.8 Å². The summed E-state index contributed by atoms with van der Waals surface area (Å²) < 4.78 is 5.58. The Kier molecular flexibility index (Phi) is 4.80. The van der Waals surface area contributed by atoms with Crippen molar-refractivity contribution in [3.05, 3.63) is 24.3 Å². The van der Waals surface area contributed by atoms with Crippen molar-refractivity contribution >= 4 is 29.1 Å². The number of carbonyl (C=O) groups is 3. The van der Waals surface area contributed by atoms with Crippen molar-refractivity contribution in [3.63, 3.8) is 0 Å². The molecule has 24 heavy (non-hydrogen) atoms. The molecule has 3 amide bonds. The first kappa shape index (κ1) is 16.4. The molecule has 2 atom stereocenters. The molecule has 0 saturated carbocycles. The third-order valence-corrected chi connectivity index (χ3v) is 4.29. The first-order chi connectivity index (χ1) is 11.5. The van der Waals surface area contributed by atoms with Crippen LogP contribution in [-0.4, -0.2) is 47.9 Å². The molecule has 2 aliphatic rings. The Morgan fingerprint density at radius 3 is 2.54 bits per heavy atom. The van der Waals surface area contributed by atoms with Crippen molar-refractivity contribution < 1.29 is 19.1 Å². The van der Waals surface area contributed by atoms with Crippen molar-refractivity contribution in [3.8, 4) is 0 Å². The fourth-order valence-electron chi connectivity index (χ4n) is 3.15. The van der Waals surface area contributed by atoms with E-state index in [1.165, 1.54) is 6.92 Å². The molecule has 1 aromatic carbocycles. The molecule has 1 aromatic rings. The number of anilines is 2. The quantitative estimate of drug-likeness (QED) is 0.872. The maximum absolute atomic E-state index is 12.3. The molecule has 0 radical (unpaired) electrons. The highest BCUT2D eigenvalue weighted by molar-refractivity contribution is 5.95. The smallest absolute Gasteiger partial charge is 0.252 e. The van der Waals surface area contributed by atoms with Gasteiger partial charge < -0.3 is 20.3 Å². The highest BCUT2D eigenvalue weighted by atomic mass is 16.5. The molecule has 2 saturated heterocycles. The molecular formula is C17H21N3O4. The molecule has 2 fully saturated rings. The minimum Gasteiger partial charge on any atom is -0.366 e. The zero-order valence-electron chi connectivity index (χ0n) is 13.6. The standard InChI is InChI=1S/C17H21N3O4/c1-11(21)18-12-4-6-13(7-5-12)19-16(22)9-15-17(23)20-8-2-3-14(20)10-24-15/h4-7,14-15H,2-3,8-10H2,1H3,(H,18,21)(H,19,22)/t14-,15-/m0/s1. The molecule has 7 nitrogen and oxygen atoms in total. The SMILES string of the molecule is CC(=O)Nc1ccc(NC(=O)C[C@@H]2OC[C@@H]3CCCN3C2=O)cc1. The van der Waals surface area contributed by atoms with Gasteiger partial charge in [-0.15, -0.1) is 0 Å². The fourth-order valence-corrected chi connectivity index (χ4v) is 3.15. The van der Waals surface area contributed by atoms with Gasteiger partial charge in [0.1, 0.15) is 6.10 Å². The zero-order chi connectivity index (χ0) is 17.1. The van der Waals surface area contributed by atoms with E-state index in [2.05, 4.69) is 10.6 Å². The Hall–Kier alpha value is -2.41. The zero-order valence-corrected chi connectivity index (χ0v) is 13.6. The Morgan fingerprint density at radius 2 is 1.88 bits per heavy atom. The van der Waals surface area contributed by atoms with Crippen molar-refractivity contribution in [1.29, 1.82) is 0 Å². The van der Waals surface area contributed by atoms with E-state index in [-0.39, 0.29) is 30.2 Å². The summed E-state index contributed by atoms with van der Waals surface area (Å²) in [5.74, 6) is -0.502. The normalized spacial score (nSPS) is 22.9. The van der Waals surface area contributed by atoms with Crippen molar-refractivity contribution in [2.45, 2.75) is 38.3 Å².